The van der Waals surface area contributed by atoms with Crippen molar-refractivity contribution >= 4 is 12.0 Å². The van der Waals surface area contributed by atoms with Crippen molar-refractivity contribution in [3.05, 3.63) is 0 Å². The van der Waals surface area contributed by atoms with Gasteiger partial charge in [0.05, 0.1) is 12.0 Å². The van der Waals surface area contributed by atoms with Crippen molar-refractivity contribution in [2.24, 2.45) is 11.3 Å². The lowest BCUT2D eigenvalue weighted by molar-refractivity contribution is -0.152. The molecule has 1 aliphatic rings. The molecule has 0 aromatic carbocycles. The Morgan fingerprint density at radius 3 is 2.75 bits per heavy atom. The van der Waals surface area contributed by atoms with Crippen LogP contribution in [0.5, 0.6) is 0 Å². The molecule has 2 atom stereocenters. The van der Waals surface area contributed by atoms with Crippen LogP contribution in [0.2, 0.25) is 0 Å². The van der Waals surface area contributed by atoms with Crippen molar-refractivity contribution in [2.75, 3.05) is 33.4 Å². The first kappa shape index (κ1) is 16.8. The van der Waals surface area contributed by atoms with Gasteiger partial charge in [-0.1, -0.05) is 13.8 Å². The van der Waals surface area contributed by atoms with Gasteiger partial charge in [0.2, 0.25) is 0 Å². The highest BCUT2D eigenvalue weighted by Crippen LogP contribution is 2.33. The first-order valence-corrected chi connectivity index (χ1v) is 7.20. The molecule has 0 aromatic heterocycles. The van der Waals surface area contributed by atoms with E-state index < -0.39 is 11.4 Å². The highest BCUT2D eigenvalue weighted by Gasteiger charge is 2.42. The molecule has 1 fully saturated rings. The lowest BCUT2D eigenvalue weighted by Gasteiger charge is -2.39. The second-order valence-electron chi connectivity index (χ2n) is 5.71. The standard InChI is InChI=1S/C14H26N2O4/c1-4-14(12(17)18)6-5-7-16(10-14)13(19)15-8-11(2)9-20-3/h11H,4-10H2,1-3H3,(H,15,19)(H,17,18). The molecule has 1 saturated heterocycles. The Morgan fingerprint density at radius 1 is 1.50 bits per heavy atom. The lowest BCUT2D eigenvalue weighted by atomic mass is 9.78. The summed E-state index contributed by atoms with van der Waals surface area (Å²) in [6, 6.07) is -0.174. The van der Waals surface area contributed by atoms with E-state index >= 15 is 0 Å². The monoisotopic (exact) mass is 286 g/mol. The molecular weight excluding hydrogens is 260 g/mol. The summed E-state index contributed by atoms with van der Waals surface area (Å²) >= 11 is 0. The molecule has 2 unspecified atom stereocenters. The van der Waals surface area contributed by atoms with Gasteiger partial charge in [0.1, 0.15) is 0 Å². The van der Waals surface area contributed by atoms with Crippen LogP contribution in [0, 0.1) is 11.3 Å². The van der Waals surface area contributed by atoms with E-state index in [-0.39, 0.29) is 11.9 Å². The molecule has 0 radical (unpaired) electrons. The van der Waals surface area contributed by atoms with Crippen LogP contribution >= 0.6 is 0 Å². The number of hydrogen-bond donors (Lipinski definition) is 2. The Kier molecular flexibility index (Phi) is 6.26. The Morgan fingerprint density at radius 2 is 2.20 bits per heavy atom. The fourth-order valence-electron chi connectivity index (χ4n) is 2.64. The molecule has 6 nitrogen and oxygen atoms in total. The van der Waals surface area contributed by atoms with Gasteiger partial charge in [-0.15, -0.1) is 0 Å². The molecule has 2 amide bonds. The summed E-state index contributed by atoms with van der Waals surface area (Å²) in [5, 5.41) is 12.3. The van der Waals surface area contributed by atoms with Crippen LogP contribution < -0.4 is 5.32 Å². The van der Waals surface area contributed by atoms with E-state index in [1.54, 1.807) is 12.0 Å². The zero-order valence-electron chi connectivity index (χ0n) is 12.6. The summed E-state index contributed by atoms with van der Waals surface area (Å²) < 4.78 is 5.02. The number of carboxylic acid groups (broad SMARTS) is 1. The van der Waals surface area contributed by atoms with E-state index in [1.165, 1.54) is 0 Å². The van der Waals surface area contributed by atoms with E-state index in [1.807, 2.05) is 13.8 Å². The number of ether oxygens (including phenoxy) is 1. The number of carbonyl (C=O) groups excluding carboxylic acids is 1. The minimum absolute atomic E-state index is 0.174. The maximum absolute atomic E-state index is 12.1. The largest absolute Gasteiger partial charge is 0.481 e. The van der Waals surface area contributed by atoms with Crippen LogP contribution in [0.15, 0.2) is 0 Å². The fourth-order valence-corrected chi connectivity index (χ4v) is 2.64. The molecule has 0 saturated carbocycles. The highest BCUT2D eigenvalue weighted by molar-refractivity contribution is 5.78. The van der Waals surface area contributed by atoms with Gasteiger partial charge in [-0.05, 0) is 25.2 Å². The highest BCUT2D eigenvalue weighted by atomic mass is 16.5. The molecule has 0 aliphatic carbocycles. The van der Waals surface area contributed by atoms with Crippen LogP contribution in [0.25, 0.3) is 0 Å². The van der Waals surface area contributed by atoms with Gasteiger partial charge in [0, 0.05) is 26.7 Å². The molecule has 1 heterocycles. The van der Waals surface area contributed by atoms with Gasteiger partial charge in [0.25, 0.3) is 0 Å². The number of urea groups is 1. The van der Waals surface area contributed by atoms with Crippen molar-refractivity contribution in [1.82, 2.24) is 10.2 Å². The van der Waals surface area contributed by atoms with Crippen molar-refractivity contribution in [3.8, 4) is 0 Å². The molecule has 20 heavy (non-hydrogen) atoms. The number of piperidine rings is 1. The third-order valence-electron chi connectivity index (χ3n) is 4.05. The number of amides is 2. The van der Waals surface area contributed by atoms with Crippen molar-refractivity contribution in [1.29, 1.82) is 0 Å². The predicted molar refractivity (Wildman–Crippen MR) is 75.6 cm³/mol. The van der Waals surface area contributed by atoms with Crippen LogP contribution in [-0.2, 0) is 9.53 Å². The molecule has 2 N–H and O–H groups in total. The Hall–Kier alpha value is -1.30. The number of methoxy groups -OCH3 is 1. The number of nitrogens with zero attached hydrogens (tertiary/aromatic N) is 1. The van der Waals surface area contributed by atoms with E-state index in [9.17, 15) is 14.7 Å². The number of carboxylic acids is 1. The van der Waals surface area contributed by atoms with E-state index in [0.717, 1.165) is 6.42 Å². The number of aliphatic carboxylic acids is 1. The number of hydrogen-bond acceptors (Lipinski definition) is 3. The number of likely N-dealkylation sites (tertiary alicyclic amines) is 1. The van der Waals surface area contributed by atoms with E-state index in [2.05, 4.69) is 5.32 Å². The first-order chi connectivity index (χ1) is 9.45. The minimum atomic E-state index is -0.801. The summed E-state index contributed by atoms with van der Waals surface area (Å²) in [6.45, 7) is 5.91. The van der Waals surface area contributed by atoms with Gasteiger partial charge in [-0.3, -0.25) is 4.79 Å². The molecule has 1 rings (SSSR count). The fraction of sp³-hybridized carbons (Fsp3) is 0.857. The third kappa shape index (κ3) is 4.10. The maximum atomic E-state index is 12.1. The number of carbonyl (C=O) groups is 2. The molecule has 0 aromatic rings. The van der Waals surface area contributed by atoms with Crippen LogP contribution in [0.4, 0.5) is 4.79 Å². The SMILES string of the molecule is CCC1(C(=O)O)CCCN(C(=O)NCC(C)COC)C1. The molecule has 1 aliphatic heterocycles. The van der Waals surface area contributed by atoms with Gasteiger partial charge in [-0.2, -0.15) is 0 Å². The summed E-state index contributed by atoms with van der Waals surface area (Å²) in [4.78, 5) is 25.2. The van der Waals surface area contributed by atoms with Gasteiger partial charge >= 0.3 is 12.0 Å². The number of nitrogens with one attached hydrogen (secondary N) is 1. The average molecular weight is 286 g/mol. The third-order valence-corrected chi connectivity index (χ3v) is 4.05. The average Bonchev–Trinajstić information content (AvgIpc) is 2.44. The second kappa shape index (κ2) is 7.47. The predicted octanol–water partition coefficient (Wildman–Crippen LogP) is 1.56. The summed E-state index contributed by atoms with van der Waals surface area (Å²) in [5.74, 6) is -0.561. The Bertz CT molecular complexity index is 348. The quantitative estimate of drug-likeness (QED) is 0.776. The second-order valence-corrected chi connectivity index (χ2v) is 5.71. The molecular formula is C14H26N2O4. The van der Waals surface area contributed by atoms with Crippen LogP contribution in [0.3, 0.4) is 0 Å². The summed E-state index contributed by atoms with van der Waals surface area (Å²) in [5.41, 5.74) is -0.784. The summed E-state index contributed by atoms with van der Waals surface area (Å²) in [7, 11) is 1.63. The van der Waals surface area contributed by atoms with Gasteiger partial charge in [0.15, 0.2) is 0 Å². The normalized spacial score (nSPS) is 24.2. The topological polar surface area (TPSA) is 78.9 Å². The first-order valence-electron chi connectivity index (χ1n) is 7.20. The van der Waals surface area contributed by atoms with E-state index in [4.69, 9.17) is 4.74 Å². The summed E-state index contributed by atoms with van der Waals surface area (Å²) in [6.07, 6.45) is 1.93. The molecule has 0 spiro atoms. The maximum Gasteiger partial charge on any atom is 0.317 e. The van der Waals surface area contributed by atoms with Gasteiger partial charge < -0.3 is 20.1 Å². The minimum Gasteiger partial charge on any atom is -0.481 e. The van der Waals surface area contributed by atoms with Crippen molar-refractivity contribution in [3.63, 3.8) is 0 Å². The lowest BCUT2D eigenvalue weighted by Crippen LogP contribution is -2.53. The zero-order chi connectivity index (χ0) is 15.2. The molecule has 0 bridgehead atoms. The number of rotatable bonds is 6. The smallest absolute Gasteiger partial charge is 0.317 e. The Labute approximate surface area is 120 Å². The van der Waals surface area contributed by atoms with Crippen molar-refractivity contribution < 1.29 is 19.4 Å². The van der Waals surface area contributed by atoms with Crippen LogP contribution in [-0.4, -0.2) is 55.4 Å². The van der Waals surface area contributed by atoms with Gasteiger partial charge in [-0.25, -0.2) is 4.79 Å². The Balaban J connectivity index is 2.54. The molecule has 6 heteroatoms. The molecule has 116 valence electrons. The van der Waals surface area contributed by atoms with Crippen LogP contribution in [0.1, 0.15) is 33.1 Å². The zero-order valence-corrected chi connectivity index (χ0v) is 12.6. The van der Waals surface area contributed by atoms with E-state index in [0.29, 0.717) is 39.1 Å². The van der Waals surface area contributed by atoms with Crippen molar-refractivity contribution in [2.45, 2.75) is 33.1 Å².